The van der Waals surface area contributed by atoms with Gasteiger partial charge in [-0.1, -0.05) is 27.7 Å². The summed E-state index contributed by atoms with van der Waals surface area (Å²) >= 11 is 0. The van der Waals surface area contributed by atoms with E-state index in [1.54, 1.807) is 16.9 Å². The summed E-state index contributed by atoms with van der Waals surface area (Å²) in [7, 11) is 0. The number of aromatic nitrogens is 5. The number of hydrogen-bond donors (Lipinski definition) is 1. The molecule has 0 saturated carbocycles. The van der Waals surface area contributed by atoms with Crippen molar-refractivity contribution in [2.75, 3.05) is 13.1 Å². The smallest absolute Gasteiger partial charge is 0.158 e. The highest BCUT2D eigenvalue weighted by molar-refractivity contribution is 5.76. The molecule has 0 amide bonds. The van der Waals surface area contributed by atoms with Gasteiger partial charge in [0.1, 0.15) is 12.1 Å². The van der Waals surface area contributed by atoms with Crippen LogP contribution < -0.4 is 0 Å². The van der Waals surface area contributed by atoms with Crippen LogP contribution in [0.3, 0.4) is 0 Å². The van der Waals surface area contributed by atoms with E-state index in [9.17, 15) is 4.39 Å². The van der Waals surface area contributed by atoms with E-state index in [1.165, 1.54) is 0 Å². The zero-order chi connectivity index (χ0) is 24.4. The third-order valence-corrected chi connectivity index (χ3v) is 6.52. The lowest BCUT2D eigenvalue weighted by molar-refractivity contribution is 0.207. The number of nitrogens with one attached hydrogen (secondary N) is 1. The number of aryl methyl sites for hydroxylation is 1. The van der Waals surface area contributed by atoms with Crippen molar-refractivity contribution in [3.63, 3.8) is 0 Å². The van der Waals surface area contributed by atoms with Crippen molar-refractivity contribution in [1.82, 2.24) is 29.7 Å². The lowest BCUT2D eigenvalue weighted by atomic mass is 9.92. The summed E-state index contributed by atoms with van der Waals surface area (Å²) in [6.07, 6.45) is 5.63. The molecule has 0 bridgehead atoms. The molecule has 0 saturated heterocycles. The van der Waals surface area contributed by atoms with Crippen LogP contribution in [-0.4, -0.2) is 42.8 Å². The number of hydrogen-bond acceptors (Lipinski definition) is 4. The zero-order valence-electron chi connectivity index (χ0n) is 21.1. The number of fused-ring (bicyclic) bond motifs is 1. The van der Waals surface area contributed by atoms with Crippen LogP contribution in [0.5, 0.6) is 0 Å². The average molecular weight is 463 g/mol. The van der Waals surface area contributed by atoms with Gasteiger partial charge in [0.15, 0.2) is 5.65 Å². The summed E-state index contributed by atoms with van der Waals surface area (Å²) in [5, 5.41) is 12.3. The number of halogens is 1. The summed E-state index contributed by atoms with van der Waals surface area (Å²) < 4.78 is 16.8. The first kappa shape index (κ1) is 24.1. The van der Waals surface area contributed by atoms with E-state index >= 15 is 0 Å². The normalized spacial score (nSPS) is 12.9. The molecular weight excluding hydrogens is 427 g/mol. The SMILES string of the molecule is CCCN(CCC)[C@@H](C)c1cc(-c2n[nH]c(-c3cc(C)c4ncnn4c3)c2C(C)C)ccc1F. The Morgan fingerprint density at radius 1 is 1.06 bits per heavy atom. The van der Waals surface area contributed by atoms with Crippen molar-refractivity contribution >= 4 is 5.65 Å². The predicted molar refractivity (Wildman–Crippen MR) is 135 cm³/mol. The number of benzene rings is 1. The molecular formula is C27H35FN6. The second-order valence-electron chi connectivity index (χ2n) is 9.40. The van der Waals surface area contributed by atoms with Crippen LogP contribution in [0.25, 0.3) is 28.2 Å². The first-order valence-electron chi connectivity index (χ1n) is 12.3. The highest BCUT2D eigenvalue weighted by Gasteiger charge is 2.23. The monoisotopic (exact) mass is 462 g/mol. The first-order valence-corrected chi connectivity index (χ1v) is 12.3. The maximum absolute atomic E-state index is 15.0. The number of nitrogens with zero attached hydrogens (tertiary/aromatic N) is 5. The fourth-order valence-corrected chi connectivity index (χ4v) is 4.86. The van der Waals surface area contributed by atoms with Crippen LogP contribution in [0.2, 0.25) is 0 Å². The van der Waals surface area contributed by atoms with E-state index in [1.807, 2.05) is 25.3 Å². The van der Waals surface area contributed by atoms with E-state index in [-0.39, 0.29) is 17.8 Å². The molecule has 180 valence electrons. The van der Waals surface area contributed by atoms with Crippen molar-refractivity contribution in [1.29, 1.82) is 0 Å². The fraction of sp³-hybridized carbons (Fsp3) is 0.444. The molecule has 0 aliphatic rings. The lowest BCUT2D eigenvalue weighted by Gasteiger charge is -2.29. The third kappa shape index (κ3) is 4.49. The second kappa shape index (κ2) is 10.1. The maximum atomic E-state index is 15.0. The molecule has 3 aromatic heterocycles. The Morgan fingerprint density at radius 3 is 2.47 bits per heavy atom. The fourth-order valence-electron chi connectivity index (χ4n) is 4.86. The molecule has 1 aromatic carbocycles. The van der Waals surface area contributed by atoms with E-state index in [4.69, 9.17) is 5.10 Å². The van der Waals surface area contributed by atoms with Gasteiger partial charge in [0, 0.05) is 34.5 Å². The molecule has 34 heavy (non-hydrogen) atoms. The van der Waals surface area contributed by atoms with E-state index in [0.717, 1.165) is 70.8 Å². The van der Waals surface area contributed by atoms with Crippen LogP contribution in [0.1, 0.15) is 76.1 Å². The molecule has 4 rings (SSSR count). The Hall–Kier alpha value is -3.06. The minimum Gasteiger partial charge on any atom is -0.297 e. The summed E-state index contributed by atoms with van der Waals surface area (Å²) in [4.78, 5) is 6.68. The van der Waals surface area contributed by atoms with Gasteiger partial charge in [0.2, 0.25) is 0 Å². The minimum atomic E-state index is -0.164. The van der Waals surface area contributed by atoms with Crippen LogP contribution in [0, 0.1) is 12.7 Å². The molecule has 7 heteroatoms. The van der Waals surface area contributed by atoms with Crippen molar-refractivity contribution < 1.29 is 4.39 Å². The molecule has 1 atom stereocenters. The Balaban J connectivity index is 1.79. The summed E-state index contributed by atoms with van der Waals surface area (Å²) in [5.74, 6) is 0.0562. The number of aromatic amines is 1. The van der Waals surface area contributed by atoms with Crippen molar-refractivity contribution in [2.24, 2.45) is 0 Å². The average Bonchev–Trinajstić information content (AvgIpc) is 3.46. The highest BCUT2D eigenvalue weighted by atomic mass is 19.1. The number of H-pyrrole nitrogens is 1. The minimum absolute atomic E-state index is 0.00173. The number of rotatable bonds is 9. The molecule has 0 unspecified atom stereocenters. The van der Waals surface area contributed by atoms with Crippen molar-refractivity contribution in [3.05, 3.63) is 59.3 Å². The molecule has 3 heterocycles. The largest absolute Gasteiger partial charge is 0.297 e. The van der Waals surface area contributed by atoms with Crippen LogP contribution >= 0.6 is 0 Å². The zero-order valence-corrected chi connectivity index (χ0v) is 21.1. The second-order valence-corrected chi connectivity index (χ2v) is 9.40. The van der Waals surface area contributed by atoms with Gasteiger partial charge in [0.25, 0.3) is 0 Å². The first-order chi connectivity index (χ1) is 16.3. The Morgan fingerprint density at radius 2 is 1.79 bits per heavy atom. The third-order valence-electron chi connectivity index (χ3n) is 6.52. The van der Waals surface area contributed by atoms with Gasteiger partial charge in [-0.25, -0.2) is 13.9 Å². The van der Waals surface area contributed by atoms with Gasteiger partial charge in [0.05, 0.1) is 11.4 Å². The highest BCUT2D eigenvalue weighted by Crippen LogP contribution is 2.37. The van der Waals surface area contributed by atoms with Crippen LogP contribution in [0.4, 0.5) is 4.39 Å². The van der Waals surface area contributed by atoms with Gasteiger partial charge < -0.3 is 0 Å². The quantitative estimate of drug-likeness (QED) is 0.307. The molecule has 0 aliphatic heterocycles. The van der Waals surface area contributed by atoms with Gasteiger partial charge in [-0.05, 0) is 75.5 Å². The van der Waals surface area contributed by atoms with E-state index in [0.29, 0.717) is 0 Å². The van der Waals surface area contributed by atoms with E-state index < -0.39 is 0 Å². The molecule has 6 nitrogen and oxygen atoms in total. The van der Waals surface area contributed by atoms with Crippen LogP contribution in [-0.2, 0) is 0 Å². The van der Waals surface area contributed by atoms with Crippen molar-refractivity contribution in [2.45, 2.75) is 66.3 Å². The molecule has 0 fully saturated rings. The summed E-state index contributed by atoms with van der Waals surface area (Å²) in [6.45, 7) is 14.7. The standard InChI is InChI=1S/C27H35FN6/c1-7-11-33(12-8-2)19(6)22-14-20(9-10-23(22)28)25-24(17(3)4)26(32-31-25)21-13-18(5)27-29-16-30-34(27)15-21/h9-10,13-17,19H,7-8,11-12H2,1-6H3,(H,31,32)/t19-/m0/s1. The van der Waals surface area contributed by atoms with Gasteiger partial charge in [-0.3, -0.25) is 10.00 Å². The summed E-state index contributed by atoms with van der Waals surface area (Å²) in [6, 6.07) is 7.52. The molecule has 4 aromatic rings. The maximum Gasteiger partial charge on any atom is 0.158 e. The Kier molecular flexibility index (Phi) is 7.12. The van der Waals surface area contributed by atoms with Gasteiger partial charge >= 0.3 is 0 Å². The van der Waals surface area contributed by atoms with Crippen LogP contribution in [0.15, 0.2) is 36.8 Å². The number of pyridine rings is 1. The Bertz CT molecular complexity index is 1270. The van der Waals surface area contributed by atoms with Gasteiger partial charge in [-0.2, -0.15) is 10.2 Å². The topological polar surface area (TPSA) is 62.1 Å². The molecule has 0 radical (unpaired) electrons. The van der Waals surface area contributed by atoms with E-state index in [2.05, 4.69) is 60.8 Å². The predicted octanol–water partition coefficient (Wildman–Crippen LogP) is 6.54. The molecule has 1 N–H and O–H groups in total. The molecule has 0 aliphatic carbocycles. The van der Waals surface area contributed by atoms with Crippen molar-refractivity contribution in [3.8, 4) is 22.5 Å². The summed E-state index contributed by atoms with van der Waals surface area (Å²) in [5.41, 5.74) is 7.49. The van der Waals surface area contributed by atoms with Gasteiger partial charge in [-0.15, -0.1) is 0 Å². The Labute approximate surface area is 201 Å². The lowest BCUT2D eigenvalue weighted by Crippen LogP contribution is -2.29. The molecule has 0 spiro atoms.